The highest BCUT2D eigenvalue weighted by atomic mass is 32.2. The zero-order chi connectivity index (χ0) is 6.53. The minimum absolute atomic E-state index is 1.21. The summed E-state index contributed by atoms with van der Waals surface area (Å²) in [5, 5.41) is 5.38. The summed E-state index contributed by atoms with van der Waals surface area (Å²) in [6, 6.07) is 4.02. The predicted molar refractivity (Wildman–Crippen MR) is 42.9 cm³/mol. The molecule has 0 saturated heterocycles. The third-order valence-corrected chi connectivity index (χ3v) is 2.56. The van der Waals surface area contributed by atoms with E-state index in [0.717, 1.165) is 0 Å². The molecule has 2 N–H and O–H groups in total. The number of hydrogen-bond acceptors (Lipinski definition) is 4. The lowest BCUT2D eigenvalue weighted by atomic mass is 10.7. The van der Waals surface area contributed by atoms with Crippen LogP contribution in [-0.2, 0) is 0 Å². The van der Waals surface area contributed by atoms with Crippen LogP contribution in [-0.4, -0.2) is 5.55 Å². The summed E-state index contributed by atoms with van der Waals surface area (Å²) in [5.74, 6) is 4.90. The van der Waals surface area contributed by atoms with Crippen molar-refractivity contribution in [1.82, 2.24) is 0 Å². The Hall–Kier alpha value is -0.480. The normalized spacial score (nSPS) is 10.7. The summed E-state index contributed by atoms with van der Waals surface area (Å²) in [7, 11) is 0. The largest absolute Gasteiger partial charge is 0.323 e. The molecule has 4 heteroatoms. The molecule has 1 aromatic rings. The summed E-state index contributed by atoms with van der Waals surface area (Å²) >= 11 is 3.21. The number of nitrogens with two attached hydrogens (primary N) is 1. The molecule has 48 valence electrons. The van der Waals surface area contributed by atoms with Crippen LogP contribution in [0.1, 0.15) is 0 Å². The topological polar surface area (TPSA) is 38.4 Å². The van der Waals surface area contributed by atoms with Gasteiger partial charge in [-0.1, -0.05) is 17.8 Å². The van der Waals surface area contributed by atoms with Gasteiger partial charge < -0.3 is 5.84 Å². The van der Waals surface area contributed by atoms with E-state index < -0.39 is 0 Å². The van der Waals surface area contributed by atoms with Gasteiger partial charge in [-0.2, -0.15) is 5.10 Å². The minimum atomic E-state index is 1.21. The van der Waals surface area contributed by atoms with Gasteiger partial charge in [-0.3, -0.25) is 0 Å². The summed E-state index contributed by atoms with van der Waals surface area (Å²) in [6.07, 6.45) is 0. The second-order valence-corrected chi connectivity index (χ2v) is 3.40. The van der Waals surface area contributed by atoms with Gasteiger partial charge in [-0.25, -0.2) is 0 Å². The summed E-state index contributed by atoms with van der Waals surface area (Å²) in [4.78, 5) is 0. The van der Waals surface area contributed by atoms with Crippen LogP contribution in [0.2, 0.25) is 0 Å². The van der Waals surface area contributed by atoms with Crippen LogP contribution in [0.25, 0.3) is 0 Å². The highest BCUT2D eigenvalue weighted by molar-refractivity contribution is 8.13. The van der Waals surface area contributed by atoms with E-state index in [2.05, 4.69) is 5.10 Å². The van der Waals surface area contributed by atoms with Crippen molar-refractivity contribution in [2.45, 2.75) is 4.21 Å². The van der Waals surface area contributed by atoms with Gasteiger partial charge >= 0.3 is 0 Å². The molecule has 0 aliphatic rings. The minimum Gasteiger partial charge on any atom is -0.323 e. The van der Waals surface area contributed by atoms with E-state index in [1.165, 1.54) is 16.0 Å². The number of rotatable bonds is 2. The Labute approximate surface area is 61.8 Å². The average molecular weight is 158 g/mol. The zero-order valence-corrected chi connectivity index (χ0v) is 6.28. The fourth-order valence-corrected chi connectivity index (χ4v) is 1.70. The van der Waals surface area contributed by atoms with Gasteiger partial charge in [0, 0.05) is 0 Å². The summed E-state index contributed by atoms with van der Waals surface area (Å²) < 4.78 is 1.21. The molecular weight excluding hydrogens is 152 g/mol. The molecule has 0 fully saturated rings. The molecular formula is C5H6N2S2. The zero-order valence-electron chi connectivity index (χ0n) is 4.65. The first-order valence-corrected chi connectivity index (χ1v) is 4.11. The Morgan fingerprint density at radius 1 is 1.78 bits per heavy atom. The molecule has 0 bridgehead atoms. The molecule has 0 radical (unpaired) electrons. The first-order chi connectivity index (χ1) is 4.43. The van der Waals surface area contributed by atoms with Gasteiger partial charge in [0.2, 0.25) is 0 Å². The van der Waals surface area contributed by atoms with Crippen molar-refractivity contribution < 1.29 is 0 Å². The van der Waals surface area contributed by atoms with E-state index >= 15 is 0 Å². The SMILES string of the molecule is N/N=C/Sc1cccs1. The van der Waals surface area contributed by atoms with Crippen molar-refractivity contribution in [1.29, 1.82) is 0 Å². The Morgan fingerprint density at radius 3 is 3.22 bits per heavy atom. The van der Waals surface area contributed by atoms with Gasteiger partial charge in [-0.15, -0.1) is 11.3 Å². The molecule has 0 amide bonds. The van der Waals surface area contributed by atoms with Gasteiger partial charge in [0.1, 0.15) is 0 Å². The molecule has 0 aromatic carbocycles. The maximum absolute atomic E-state index is 4.90. The Bertz CT molecular complexity index is 181. The van der Waals surface area contributed by atoms with Gasteiger partial charge in [-0.05, 0) is 11.4 Å². The lowest BCUT2D eigenvalue weighted by molar-refractivity contribution is 1.27. The Morgan fingerprint density at radius 2 is 2.67 bits per heavy atom. The molecule has 0 saturated carbocycles. The molecule has 0 unspecified atom stereocenters. The smallest absolute Gasteiger partial charge is 0.0850 e. The van der Waals surface area contributed by atoms with Crippen LogP contribution in [0.15, 0.2) is 26.8 Å². The molecule has 0 spiro atoms. The van der Waals surface area contributed by atoms with E-state index in [4.69, 9.17) is 5.84 Å². The van der Waals surface area contributed by atoms with Crippen LogP contribution in [0.5, 0.6) is 0 Å². The maximum atomic E-state index is 4.90. The Balaban J connectivity index is 2.48. The van der Waals surface area contributed by atoms with E-state index in [0.29, 0.717) is 0 Å². The van der Waals surface area contributed by atoms with Crippen molar-refractivity contribution in [3.63, 3.8) is 0 Å². The second kappa shape index (κ2) is 3.53. The van der Waals surface area contributed by atoms with E-state index in [9.17, 15) is 0 Å². The standard InChI is InChI=1S/C5H6N2S2/c6-7-4-9-5-2-1-3-8-5/h1-4H,6H2/b7-4+. The third-order valence-electron chi connectivity index (χ3n) is 0.725. The lowest BCUT2D eigenvalue weighted by Gasteiger charge is -1.81. The quantitative estimate of drug-likeness (QED) is 0.234. The average Bonchev–Trinajstić information content (AvgIpc) is 2.34. The molecule has 9 heavy (non-hydrogen) atoms. The monoisotopic (exact) mass is 158 g/mol. The summed E-state index contributed by atoms with van der Waals surface area (Å²) in [6.45, 7) is 0. The van der Waals surface area contributed by atoms with E-state index in [1.54, 1.807) is 16.9 Å². The molecule has 0 aliphatic heterocycles. The number of hydrazone groups is 1. The second-order valence-electron chi connectivity index (χ2n) is 1.30. The highest BCUT2D eigenvalue weighted by Gasteiger charge is 1.87. The van der Waals surface area contributed by atoms with Crippen molar-refractivity contribution >= 4 is 28.6 Å². The summed E-state index contributed by atoms with van der Waals surface area (Å²) in [5.41, 5.74) is 1.62. The predicted octanol–water partition coefficient (Wildman–Crippen LogP) is 1.74. The molecule has 0 atom stereocenters. The van der Waals surface area contributed by atoms with Gasteiger partial charge in [0.25, 0.3) is 0 Å². The van der Waals surface area contributed by atoms with Crippen LogP contribution in [0.4, 0.5) is 0 Å². The first-order valence-electron chi connectivity index (χ1n) is 2.35. The molecule has 1 rings (SSSR count). The van der Waals surface area contributed by atoms with Crippen LogP contribution < -0.4 is 5.84 Å². The lowest BCUT2D eigenvalue weighted by Crippen LogP contribution is -1.76. The fraction of sp³-hybridized carbons (Fsp3) is 0. The fourth-order valence-electron chi connectivity index (χ4n) is 0.413. The number of nitrogens with zero attached hydrogens (tertiary/aromatic N) is 1. The Kier molecular flexibility index (Phi) is 2.60. The van der Waals surface area contributed by atoms with Gasteiger partial charge in [0.15, 0.2) is 0 Å². The highest BCUT2D eigenvalue weighted by Crippen LogP contribution is 2.20. The molecule has 1 aromatic heterocycles. The molecule has 0 aliphatic carbocycles. The first kappa shape index (κ1) is 6.64. The van der Waals surface area contributed by atoms with Crippen molar-refractivity contribution in [3.05, 3.63) is 17.5 Å². The van der Waals surface area contributed by atoms with E-state index in [1.807, 2.05) is 17.5 Å². The molecule has 1 heterocycles. The maximum Gasteiger partial charge on any atom is 0.0850 e. The van der Waals surface area contributed by atoms with E-state index in [-0.39, 0.29) is 0 Å². The van der Waals surface area contributed by atoms with Crippen molar-refractivity contribution in [3.8, 4) is 0 Å². The van der Waals surface area contributed by atoms with Crippen LogP contribution in [0.3, 0.4) is 0 Å². The molecule has 2 nitrogen and oxygen atoms in total. The number of thioether (sulfide) groups is 1. The van der Waals surface area contributed by atoms with Crippen LogP contribution >= 0.6 is 23.1 Å². The van der Waals surface area contributed by atoms with Crippen molar-refractivity contribution in [2.24, 2.45) is 10.9 Å². The van der Waals surface area contributed by atoms with Gasteiger partial charge in [0.05, 0.1) is 9.76 Å². The number of thiophene rings is 1. The number of hydrogen-bond donors (Lipinski definition) is 1. The third kappa shape index (κ3) is 2.07. The van der Waals surface area contributed by atoms with Crippen LogP contribution in [0, 0.1) is 0 Å². The van der Waals surface area contributed by atoms with Crippen molar-refractivity contribution in [2.75, 3.05) is 0 Å².